The van der Waals surface area contributed by atoms with E-state index in [-0.39, 0.29) is 24.0 Å². The minimum atomic E-state index is 0. The first kappa shape index (κ1) is 21.5. The summed E-state index contributed by atoms with van der Waals surface area (Å²) in [5.74, 6) is 0.864. The molecule has 0 saturated carbocycles. The van der Waals surface area contributed by atoms with Crippen molar-refractivity contribution in [1.29, 1.82) is 0 Å². The molecule has 2 aromatic rings. The molecule has 1 heterocycles. The van der Waals surface area contributed by atoms with Crippen LogP contribution >= 0.6 is 24.0 Å². The molecule has 2 rings (SSSR count). The quantitative estimate of drug-likeness (QED) is 0.366. The van der Waals surface area contributed by atoms with Crippen molar-refractivity contribution in [1.82, 2.24) is 20.1 Å². The molecule has 0 saturated heterocycles. The van der Waals surface area contributed by atoms with Crippen LogP contribution in [0.2, 0.25) is 0 Å². The van der Waals surface area contributed by atoms with Crippen molar-refractivity contribution >= 4 is 29.9 Å². The van der Waals surface area contributed by atoms with Gasteiger partial charge in [0, 0.05) is 38.6 Å². The predicted octanol–water partition coefficient (Wildman–Crippen LogP) is 2.92. The number of rotatable bonds is 8. The third-order valence-corrected chi connectivity index (χ3v) is 3.58. The Labute approximate surface area is 168 Å². The molecule has 0 unspecified atom stereocenters. The fourth-order valence-electron chi connectivity index (χ4n) is 2.53. The van der Waals surface area contributed by atoms with Crippen molar-refractivity contribution in [2.24, 2.45) is 4.99 Å². The van der Waals surface area contributed by atoms with Crippen LogP contribution in [-0.4, -0.2) is 42.6 Å². The number of hydrogen-bond acceptors (Lipinski definition) is 2. The zero-order valence-corrected chi connectivity index (χ0v) is 17.7. The topological polar surface area (TPSA) is 44.6 Å². The molecule has 0 aliphatic heterocycles. The first-order valence-electron chi connectivity index (χ1n) is 8.53. The largest absolute Gasteiger partial charge is 0.357 e. The van der Waals surface area contributed by atoms with Gasteiger partial charge in [0.1, 0.15) is 0 Å². The van der Waals surface area contributed by atoms with Crippen molar-refractivity contribution in [3.05, 3.63) is 59.9 Å². The van der Waals surface area contributed by atoms with Gasteiger partial charge in [-0.3, -0.25) is 0 Å². The van der Waals surface area contributed by atoms with Gasteiger partial charge in [0.15, 0.2) is 5.96 Å². The van der Waals surface area contributed by atoms with Crippen LogP contribution in [0.5, 0.6) is 0 Å². The van der Waals surface area contributed by atoms with Gasteiger partial charge in [0.2, 0.25) is 0 Å². The van der Waals surface area contributed by atoms with E-state index in [4.69, 9.17) is 4.99 Å². The number of aromatic nitrogens is 1. The number of hydrogen-bond donors (Lipinski definition) is 2. The molecule has 138 valence electrons. The number of benzene rings is 1. The molecule has 0 fully saturated rings. The molecular weight excluding hydrogens is 425 g/mol. The maximum absolute atomic E-state index is 4.69. The highest BCUT2D eigenvalue weighted by atomic mass is 127. The van der Waals surface area contributed by atoms with Crippen LogP contribution in [0, 0.1) is 0 Å². The lowest BCUT2D eigenvalue weighted by molar-refractivity contribution is 0.402. The van der Waals surface area contributed by atoms with E-state index < -0.39 is 0 Å². The van der Waals surface area contributed by atoms with Crippen LogP contribution in [0.1, 0.15) is 18.1 Å². The molecule has 0 aliphatic carbocycles. The molecule has 0 radical (unpaired) electrons. The third kappa shape index (κ3) is 8.40. The summed E-state index contributed by atoms with van der Waals surface area (Å²) < 4.78 is 2.15. The van der Waals surface area contributed by atoms with Crippen LogP contribution in [0.25, 0.3) is 0 Å². The highest BCUT2D eigenvalue weighted by Gasteiger charge is 2.00. The van der Waals surface area contributed by atoms with Gasteiger partial charge >= 0.3 is 0 Å². The second-order valence-corrected chi connectivity index (χ2v) is 6.10. The maximum Gasteiger partial charge on any atom is 0.191 e. The summed E-state index contributed by atoms with van der Waals surface area (Å²) in [4.78, 5) is 6.87. The lowest BCUT2D eigenvalue weighted by Crippen LogP contribution is -2.38. The van der Waals surface area contributed by atoms with Gasteiger partial charge in [0.25, 0.3) is 0 Å². The van der Waals surface area contributed by atoms with E-state index in [1.165, 1.54) is 11.1 Å². The van der Waals surface area contributed by atoms with Crippen molar-refractivity contribution in [2.45, 2.75) is 26.6 Å². The summed E-state index contributed by atoms with van der Waals surface area (Å²) in [6.07, 6.45) is 4.14. The third-order valence-electron chi connectivity index (χ3n) is 3.58. The summed E-state index contributed by atoms with van der Waals surface area (Å²) in [5.41, 5.74) is 2.55. The molecule has 1 aromatic heterocycles. The van der Waals surface area contributed by atoms with Crippen LogP contribution in [-0.2, 0) is 19.6 Å². The Bertz CT molecular complexity index is 623. The number of aliphatic imine (C=N–C) groups is 1. The first-order valence-corrected chi connectivity index (χ1v) is 8.53. The number of nitrogens with zero attached hydrogens (tertiary/aromatic N) is 3. The molecule has 0 atom stereocenters. The van der Waals surface area contributed by atoms with Crippen LogP contribution < -0.4 is 10.6 Å². The van der Waals surface area contributed by atoms with Crippen molar-refractivity contribution < 1.29 is 0 Å². The van der Waals surface area contributed by atoms with Crippen LogP contribution in [0.4, 0.5) is 0 Å². The summed E-state index contributed by atoms with van der Waals surface area (Å²) in [7, 11) is 4.17. The smallest absolute Gasteiger partial charge is 0.191 e. The van der Waals surface area contributed by atoms with Gasteiger partial charge < -0.3 is 20.1 Å². The Morgan fingerprint density at radius 3 is 2.48 bits per heavy atom. The first-order chi connectivity index (χ1) is 11.7. The molecular formula is C19H30IN5. The molecule has 2 N–H and O–H groups in total. The monoisotopic (exact) mass is 455 g/mol. The molecule has 0 aliphatic rings. The van der Waals surface area contributed by atoms with Crippen LogP contribution in [0.15, 0.2) is 53.8 Å². The second kappa shape index (κ2) is 11.9. The Hall–Kier alpha value is -1.54. The van der Waals surface area contributed by atoms with Crippen molar-refractivity contribution in [3.63, 3.8) is 0 Å². The fraction of sp³-hybridized carbons (Fsp3) is 0.421. The average molecular weight is 455 g/mol. The Kier molecular flexibility index (Phi) is 10.3. The van der Waals surface area contributed by atoms with Gasteiger partial charge in [-0.15, -0.1) is 24.0 Å². The van der Waals surface area contributed by atoms with Crippen LogP contribution in [0.3, 0.4) is 0 Å². The zero-order chi connectivity index (χ0) is 17.2. The standard InChI is InChI=1S/C19H29N5.HI/c1-4-20-19(21-10-13-24-11-5-6-12-24)22-15-17-8-7-9-18(14-17)16-23(2)3;/h5-9,11-12,14H,4,10,13,15-16H2,1-3H3,(H2,20,21,22);1H. The predicted molar refractivity (Wildman–Crippen MR) is 116 cm³/mol. The Morgan fingerprint density at radius 2 is 1.80 bits per heavy atom. The summed E-state index contributed by atoms with van der Waals surface area (Å²) in [5, 5.41) is 6.69. The van der Waals surface area contributed by atoms with E-state index in [0.717, 1.165) is 32.1 Å². The summed E-state index contributed by atoms with van der Waals surface area (Å²) >= 11 is 0. The molecule has 25 heavy (non-hydrogen) atoms. The number of halogens is 1. The molecule has 5 nitrogen and oxygen atoms in total. The van der Waals surface area contributed by atoms with E-state index in [1.54, 1.807) is 0 Å². The molecule has 0 bridgehead atoms. The van der Waals surface area contributed by atoms with E-state index in [1.807, 2.05) is 12.1 Å². The van der Waals surface area contributed by atoms with E-state index in [0.29, 0.717) is 6.54 Å². The highest BCUT2D eigenvalue weighted by Crippen LogP contribution is 2.08. The van der Waals surface area contributed by atoms with E-state index >= 15 is 0 Å². The lowest BCUT2D eigenvalue weighted by atomic mass is 10.1. The zero-order valence-electron chi connectivity index (χ0n) is 15.4. The van der Waals surface area contributed by atoms with Crippen molar-refractivity contribution in [3.8, 4) is 0 Å². The molecule has 1 aromatic carbocycles. The summed E-state index contributed by atoms with van der Waals surface area (Å²) in [6, 6.07) is 12.7. The minimum Gasteiger partial charge on any atom is -0.357 e. The van der Waals surface area contributed by atoms with Gasteiger partial charge in [0.05, 0.1) is 6.54 Å². The highest BCUT2D eigenvalue weighted by molar-refractivity contribution is 14.0. The average Bonchev–Trinajstić information content (AvgIpc) is 3.06. The normalized spacial score (nSPS) is 11.3. The molecule has 0 spiro atoms. The van der Waals surface area contributed by atoms with Gasteiger partial charge in [-0.05, 0) is 44.3 Å². The SMILES string of the molecule is CCNC(=NCc1cccc(CN(C)C)c1)NCCn1cccc1.I. The van der Waals surface area contributed by atoms with Gasteiger partial charge in [-0.1, -0.05) is 24.3 Å². The lowest BCUT2D eigenvalue weighted by Gasteiger charge is -2.12. The van der Waals surface area contributed by atoms with Gasteiger partial charge in [-0.2, -0.15) is 0 Å². The van der Waals surface area contributed by atoms with Gasteiger partial charge in [-0.25, -0.2) is 4.99 Å². The van der Waals surface area contributed by atoms with E-state index in [2.05, 4.69) is 77.8 Å². The maximum atomic E-state index is 4.69. The Balaban J connectivity index is 0.00000312. The second-order valence-electron chi connectivity index (χ2n) is 6.10. The van der Waals surface area contributed by atoms with Crippen molar-refractivity contribution in [2.75, 3.05) is 27.2 Å². The Morgan fingerprint density at radius 1 is 1.08 bits per heavy atom. The minimum absolute atomic E-state index is 0. The van der Waals surface area contributed by atoms with E-state index in [9.17, 15) is 0 Å². The number of guanidine groups is 1. The molecule has 0 amide bonds. The molecule has 6 heteroatoms. The fourth-order valence-corrected chi connectivity index (χ4v) is 2.53. The number of nitrogens with one attached hydrogen (secondary N) is 2. The summed E-state index contributed by atoms with van der Waals surface area (Å²) in [6.45, 7) is 6.35.